The Labute approximate surface area is 91.2 Å². The lowest BCUT2D eigenvalue weighted by molar-refractivity contribution is -0.384. The average molecular weight is 219 g/mol. The van der Waals surface area contributed by atoms with Gasteiger partial charge in [0.1, 0.15) is 19.3 Å². The first-order valence-corrected chi connectivity index (χ1v) is 4.55. The zero-order valence-corrected chi connectivity index (χ0v) is 8.28. The van der Waals surface area contributed by atoms with E-state index < -0.39 is 4.92 Å². The first-order chi connectivity index (χ1) is 7.77. The largest absolute Gasteiger partial charge is 0.286 e. The maximum atomic E-state index is 10.6. The summed E-state index contributed by atoms with van der Waals surface area (Å²) >= 11 is 0. The van der Waals surface area contributed by atoms with Gasteiger partial charge in [0, 0.05) is 12.1 Å². The van der Waals surface area contributed by atoms with Crippen molar-refractivity contribution in [3.8, 4) is 0 Å². The van der Waals surface area contributed by atoms with Crippen molar-refractivity contribution in [2.24, 2.45) is 9.98 Å². The van der Waals surface area contributed by atoms with Crippen LogP contribution in [0, 0.1) is 10.1 Å². The topological polar surface area (TPSA) is 83.1 Å². The number of anilines is 1. The summed E-state index contributed by atoms with van der Waals surface area (Å²) < 4.78 is 0. The lowest BCUT2D eigenvalue weighted by atomic mass is 10.3. The molecule has 0 atom stereocenters. The van der Waals surface area contributed by atoms with Gasteiger partial charge in [-0.25, -0.2) is 4.99 Å². The predicted octanol–water partition coefficient (Wildman–Crippen LogP) is 0.933. The lowest BCUT2D eigenvalue weighted by Crippen LogP contribution is -2.36. The van der Waals surface area contributed by atoms with Crippen molar-refractivity contribution in [3.63, 3.8) is 0 Å². The molecule has 0 bridgehead atoms. The molecule has 0 aliphatic carbocycles. The minimum Gasteiger partial charge on any atom is -0.286 e. The molecule has 1 aliphatic heterocycles. The quantitative estimate of drug-likeness (QED) is 0.592. The van der Waals surface area contributed by atoms with Crippen LogP contribution in [0.4, 0.5) is 11.4 Å². The number of hydrogen-bond acceptors (Lipinski definition) is 6. The molecule has 0 aromatic heterocycles. The van der Waals surface area contributed by atoms with Crippen LogP contribution < -0.4 is 10.4 Å². The molecule has 1 heterocycles. The molecular formula is C9H9N5O2. The zero-order valence-electron chi connectivity index (χ0n) is 8.28. The second-order valence-corrected chi connectivity index (χ2v) is 3.05. The first kappa shape index (κ1) is 10.1. The van der Waals surface area contributed by atoms with Crippen molar-refractivity contribution in [2.45, 2.75) is 0 Å². The first-order valence-electron chi connectivity index (χ1n) is 4.55. The van der Waals surface area contributed by atoms with E-state index in [1.165, 1.54) is 24.8 Å². The Bertz CT molecular complexity index is 443. The number of nitro benzene ring substituents is 1. The Morgan fingerprint density at radius 2 is 2.38 bits per heavy atom. The molecular weight excluding hydrogens is 210 g/mol. The number of benzene rings is 1. The van der Waals surface area contributed by atoms with Gasteiger partial charge < -0.3 is 0 Å². The van der Waals surface area contributed by atoms with Gasteiger partial charge >= 0.3 is 0 Å². The van der Waals surface area contributed by atoms with Gasteiger partial charge in [-0.1, -0.05) is 6.07 Å². The maximum Gasteiger partial charge on any atom is 0.271 e. The van der Waals surface area contributed by atoms with Crippen LogP contribution in [-0.4, -0.2) is 24.3 Å². The standard InChI is InChI=1S/C9H9N5O2/c15-14(16)9-3-1-2-8(4-9)13-7-11-5-10-6-12-13/h1-6H,7H2,(H,10,11,12). The van der Waals surface area contributed by atoms with Crippen molar-refractivity contribution < 1.29 is 4.92 Å². The number of nitrogens with zero attached hydrogens (tertiary/aromatic N) is 4. The van der Waals surface area contributed by atoms with E-state index in [2.05, 4.69) is 15.4 Å². The molecule has 0 radical (unpaired) electrons. The van der Waals surface area contributed by atoms with Crippen LogP contribution in [-0.2, 0) is 0 Å². The Morgan fingerprint density at radius 1 is 1.50 bits per heavy atom. The van der Waals surface area contributed by atoms with Gasteiger partial charge in [0.2, 0.25) is 0 Å². The second-order valence-electron chi connectivity index (χ2n) is 3.05. The highest BCUT2D eigenvalue weighted by molar-refractivity contribution is 5.73. The third-order valence-electron chi connectivity index (χ3n) is 2.01. The number of hydrogen-bond donors (Lipinski definition) is 1. The predicted molar refractivity (Wildman–Crippen MR) is 60.6 cm³/mol. The summed E-state index contributed by atoms with van der Waals surface area (Å²) in [6, 6.07) is 6.30. The van der Waals surface area contributed by atoms with E-state index in [4.69, 9.17) is 0 Å². The van der Waals surface area contributed by atoms with Crippen LogP contribution in [0.3, 0.4) is 0 Å². The van der Waals surface area contributed by atoms with Crippen LogP contribution in [0.5, 0.6) is 0 Å². The highest BCUT2D eigenvalue weighted by Crippen LogP contribution is 2.19. The maximum absolute atomic E-state index is 10.6. The van der Waals surface area contributed by atoms with Gasteiger partial charge in [0.25, 0.3) is 5.69 Å². The summed E-state index contributed by atoms with van der Waals surface area (Å²) in [5.41, 5.74) is 3.57. The van der Waals surface area contributed by atoms with E-state index in [9.17, 15) is 10.1 Å². The van der Waals surface area contributed by atoms with Gasteiger partial charge in [-0.2, -0.15) is 0 Å². The minimum atomic E-state index is -0.432. The molecule has 16 heavy (non-hydrogen) atoms. The molecule has 0 saturated carbocycles. The summed E-state index contributed by atoms with van der Waals surface area (Å²) in [6.45, 7) is 0.348. The Morgan fingerprint density at radius 3 is 3.19 bits per heavy atom. The lowest BCUT2D eigenvalue weighted by Gasteiger charge is -2.20. The van der Waals surface area contributed by atoms with Gasteiger partial charge in [-0.15, -0.1) is 0 Å². The highest BCUT2D eigenvalue weighted by atomic mass is 16.6. The van der Waals surface area contributed by atoms with Crippen LogP contribution in [0.25, 0.3) is 0 Å². The van der Waals surface area contributed by atoms with E-state index in [1.807, 2.05) is 0 Å². The summed E-state index contributed by atoms with van der Waals surface area (Å²) in [5, 5.41) is 12.3. The zero-order chi connectivity index (χ0) is 11.4. The van der Waals surface area contributed by atoms with Gasteiger partial charge in [0.05, 0.1) is 10.6 Å². The molecule has 1 aliphatic rings. The summed E-state index contributed by atoms with van der Waals surface area (Å²) in [7, 11) is 0. The van der Waals surface area contributed by atoms with Crippen molar-refractivity contribution in [1.82, 2.24) is 5.43 Å². The smallest absolute Gasteiger partial charge is 0.271 e. The molecule has 0 spiro atoms. The fourth-order valence-electron chi connectivity index (χ4n) is 1.27. The summed E-state index contributed by atoms with van der Waals surface area (Å²) in [5.74, 6) is 0. The van der Waals surface area contributed by atoms with Crippen molar-refractivity contribution in [1.29, 1.82) is 0 Å². The molecule has 2 rings (SSSR count). The van der Waals surface area contributed by atoms with Crippen molar-refractivity contribution in [2.75, 3.05) is 11.7 Å². The molecule has 82 valence electrons. The van der Waals surface area contributed by atoms with Crippen LogP contribution >= 0.6 is 0 Å². The summed E-state index contributed by atoms with van der Waals surface area (Å²) in [6.07, 6.45) is 2.89. The molecule has 1 N–H and O–H groups in total. The third kappa shape index (κ3) is 2.14. The van der Waals surface area contributed by atoms with Crippen molar-refractivity contribution in [3.05, 3.63) is 34.4 Å². The van der Waals surface area contributed by atoms with Crippen LogP contribution in [0.1, 0.15) is 0 Å². The highest BCUT2D eigenvalue weighted by Gasteiger charge is 2.10. The number of nitrogens with one attached hydrogen (secondary N) is 1. The van der Waals surface area contributed by atoms with E-state index in [-0.39, 0.29) is 5.69 Å². The minimum absolute atomic E-state index is 0.0458. The van der Waals surface area contributed by atoms with Gasteiger partial charge in [-0.3, -0.25) is 25.5 Å². The van der Waals surface area contributed by atoms with E-state index in [0.717, 1.165) is 0 Å². The fourth-order valence-corrected chi connectivity index (χ4v) is 1.27. The molecule has 0 saturated heterocycles. The van der Waals surface area contributed by atoms with Crippen molar-refractivity contribution >= 4 is 24.1 Å². The number of rotatable bonds is 2. The molecule has 1 aromatic rings. The Hall–Kier alpha value is -2.44. The number of aliphatic imine (C=N–C) groups is 2. The molecule has 0 unspecified atom stereocenters. The third-order valence-corrected chi connectivity index (χ3v) is 2.01. The van der Waals surface area contributed by atoms with Gasteiger partial charge in [-0.05, 0) is 6.07 Å². The van der Waals surface area contributed by atoms with Gasteiger partial charge in [0.15, 0.2) is 0 Å². The van der Waals surface area contributed by atoms with E-state index in [1.54, 1.807) is 17.1 Å². The average Bonchev–Trinajstić information content (AvgIpc) is 2.57. The second kappa shape index (κ2) is 4.39. The normalized spacial score (nSPS) is 14.4. The number of hydrazine groups is 1. The molecule has 7 heteroatoms. The van der Waals surface area contributed by atoms with E-state index >= 15 is 0 Å². The van der Waals surface area contributed by atoms with Crippen LogP contribution in [0.15, 0.2) is 34.3 Å². The molecule has 7 nitrogen and oxygen atoms in total. The summed E-state index contributed by atoms with van der Waals surface area (Å²) in [4.78, 5) is 18.0. The monoisotopic (exact) mass is 219 g/mol. The van der Waals surface area contributed by atoms with Crippen LogP contribution in [0.2, 0.25) is 0 Å². The van der Waals surface area contributed by atoms with E-state index in [0.29, 0.717) is 12.4 Å². The Kier molecular flexibility index (Phi) is 2.77. The Balaban J connectivity index is 2.25. The fraction of sp³-hybridized carbons (Fsp3) is 0.111. The molecule has 0 amide bonds. The number of non-ortho nitro benzene ring substituents is 1. The molecule has 0 fully saturated rings. The molecule has 1 aromatic carbocycles. The SMILES string of the molecule is O=[N+]([O-])c1cccc(N2CN=CN=CN2)c1. The number of nitro groups is 1.